The van der Waals surface area contributed by atoms with Crippen LogP contribution in [0.1, 0.15) is 16.0 Å². The molecule has 0 aliphatic heterocycles. The number of hydrogen-bond acceptors (Lipinski definition) is 5. The van der Waals surface area contributed by atoms with E-state index in [1.807, 2.05) is 37.3 Å². The van der Waals surface area contributed by atoms with Crippen molar-refractivity contribution in [1.82, 2.24) is 5.32 Å². The molecule has 2 aromatic rings. The first kappa shape index (κ1) is 18.5. The van der Waals surface area contributed by atoms with E-state index in [2.05, 4.69) is 16.8 Å². The van der Waals surface area contributed by atoms with E-state index in [4.69, 9.17) is 4.74 Å². The number of nitrogens with one attached hydrogen (secondary N) is 1. The Kier molecular flexibility index (Phi) is 7.85. The highest BCUT2D eigenvalue weighted by Gasteiger charge is 2.08. The van der Waals surface area contributed by atoms with E-state index in [1.54, 1.807) is 23.1 Å². The van der Waals surface area contributed by atoms with E-state index in [1.165, 1.54) is 4.88 Å². The van der Waals surface area contributed by atoms with Gasteiger partial charge in [0.2, 0.25) is 0 Å². The number of ether oxygens (including phenoxy) is 1. The zero-order valence-electron chi connectivity index (χ0n) is 13.6. The minimum absolute atomic E-state index is 0.185. The minimum Gasteiger partial charge on any atom is -0.455 e. The molecular formula is C18H21NO3S2. The molecule has 128 valence electrons. The van der Waals surface area contributed by atoms with Crippen molar-refractivity contribution in [1.29, 1.82) is 0 Å². The Labute approximate surface area is 150 Å². The van der Waals surface area contributed by atoms with Crippen LogP contribution in [0.2, 0.25) is 0 Å². The standard InChI is InChI=1S/C18H21NO3S2/c1-14-4-6-15(7-5-14)11-18(21)22-12-17(20)19-8-10-23-13-16-3-2-9-24-16/h2-7,9H,8,10-13H2,1H3,(H,19,20). The number of esters is 1. The fourth-order valence-electron chi connectivity index (χ4n) is 1.95. The van der Waals surface area contributed by atoms with Crippen molar-refractivity contribution in [3.05, 3.63) is 57.8 Å². The van der Waals surface area contributed by atoms with Crippen molar-refractivity contribution in [2.75, 3.05) is 18.9 Å². The summed E-state index contributed by atoms with van der Waals surface area (Å²) in [7, 11) is 0. The average Bonchev–Trinajstić information content (AvgIpc) is 3.08. The van der Waals surface area contributed by atoms with Crippen LogP contribution in [0.4, 0.5) is 0 Å². The Balaban J connectivity index is 1.53. The number of aryl methyl sites for hydroxylation is 1. The number of carbonyl (C=O) groups excluding carboxylic acids is 2. The average molecular weight is 364 g/mol. The molecule has 0 spiro atoms. The molecule has 1 N–H and O–H groups in total. The minimum atomic E-state index is -0.388. The van der Waals surface area contributed by atoms with Gasteiger partial charge in [0.05, 0.1) is 6.42 Å². The highest BCUT2D eigenvalue weighted by Crippen LogP contribution is 2.16. The lowest BCUT2D eigenvalue weighted by Gasteiger charge is -2.07. The molecule has 0 unspecified atom stereocenters. The smallest absolute Gasteiger partial charge is 0.310 e. The quantitative estimate of drug-likeness (QED) is 0.549. The Hall–Kier alpha value is -1.79. The summed E-state index contributed by atoms with van der Waals surface area (Å²) in [6.45, 7) is 2.34. The molecule has 0 fully saturated rings. The van der Waals surface area contributed by atoms with Crippen LogP contribution in [0.5, 0.6) is 0 Å². The van der Waals surface area contributed by atoms with Crippen LogP contribution >= 0.6 is 23.1 Å². The Morgan fingerprint density at radius 3 is 2.71 bits per heavy atom. The summed E-state index contributed by atoms with van der Waals surface area (Å²) in [5.74, 6) is 1.14. The molecule has 2 rings (SSSR count). The molecule has 0 bridgehead atoms. The molecule has 1 heterocycles. The lowest BCUT2D eigenvalue weighted by atomic mass is 10.1. The molecule has 6 heteroatoms. The fraction of sp³-hybridized carbons (Fsp3) is 0.333. The number of rotatable bonds is 9. The summed E-state index contributed by atoms with van der Waals surface area (Å²) in [5.41, 5.74) is 2.03. The SMILES string of the molecule is Cc1ccc(CC(=O)OCC(=O)NCCSCc2cccs2)cc1. The maximum atomic E-state index is 11.7. The van der Waals surface area contributed by atoms with Gasteiger partial charge in [-0.3, -0.25) is 9.59 Å². The van der Waals surface area contributed by atoms with Crippen molar-refractivity contribution in [3.63, 3.8) is 0 Å². The van der Waals surface area contributed by atoms with E-state index >= 15 is 0 Å². The van der Waals surface area contributed by atoms with Gasteiger partial charge in [-0.05, 0) is 23.9 Å². The maximum Gasteiger partial charge on any atom is 0.310 e. The summed E-state index contributed by atoms with van der Waals surface area (Å²) >= 11 is 3.50. The van der Waals surface area contributed by atoms with Gasteiger partial charge in [-0.1, -0.05) is 35.9 Å². The summed E-state index contributed by atoms with van der Waals surface area (Å²) in [4.78, 5) is 24.7. The van der Waals surface area contributed by atoms with Crippen molar-refractivity contribution >= 4 is 35.0 Å². The lowest BCUT2D eigenvalue weighted by molar-refractivity contribution is -0.147. The molecule has 1 aromatic carbocycles. The lowest BCUT2D eigenvalue weighted by Crippen LogP contribution is -2.30. The molecule has 24 heavy (non-hydrogen) atoms. The van der Waals surface area contributed by atoms with Crippen LogP contribution < -0.4 is 5.32 Å². The summed E-state index contributed by atoms with van der Waals surface area (Å²) in [5, 5.41) is 4.81. The van der Waals surface area contributed by atoms with Gasteiger partial charge in [-0.2, -0.15) is 11.8 Å². The molecule has 0 aliphatic carbocycles. The van der Waals surface area contributed by atoms with Crippen molar-refractivity contribution in [3.8, 4) is 0 Å². The van der Waals surface area contributed by atoms with E-state index < -0.39 is 0 Å². The second kappa shape index (κ2) is 10.2. The summed E-state index contributed by atoms with van der Waals surface area (Å²) < 4.78 is 5.00. The molecule has 0 radical (unpaired) electrons. The number of amides is 1. The predicted octanol–water partition coefficient (Wildman–Crippen LogP) is 3.19. The number of thioether (sulfide) groups is 1. The number of thiophene rings is 1. The number of hydrogen-bond donors (Lipinski definition) is 1. The first-order chi connectivity index (χ1) is 11.6. The highest BCUT2D eigenvalue weighted by molar-refractivity contribution is 7.98. The second-order valence-electron chi connectivity index (χ2n) is 5.30. The molecule has 0 atom stereocenters. The second-order valence-corrected chi connectivity index (χ2v) is 7.44. The van der Waals surface area contributed by atoms with Crippen LogP contribution in [0.3, 0.4) is 0 Å². The Morgan fingerprint density at radius 2 is 2.00 bits per heavy atom. The van der Waals surface area contributed by atoms with Crippen molar-refractivity contribution < 1.29 is 14.3 Å². The van der Waals surface area contributed by atoms with Crippen LogP contribution in [0.25, 0.3) is 0 Å². The largest absolute Gasteiger partial charge is 0.455 e. The predicted molar refractivity (Wildman–Crippen MR) is 99.3 cm³/mol. The third-order valence-electron chi connectivity index (χ3n) is 3.23. The monoisotopic (exact) mass is 363 g/mol. The van der Waals surface area contributed by atoms with Crippen LogP contribution in [0.15, 0.2) is 41.8 Å². The highest BCUT2D eigenvalue weighted by atomic mass is 32.2. The topological polar surface area (TPSA) is 55.4 Å². The fourth-order valence-corrected chi connectivity index (χ4v) is 3.65. The maximum absolute atomic E-state index is 11.7. The molecule has 1 amide bonds. The Bertz CT molecular complexity index is 639. The normalized spacial score (nSPS) is 10.4. The van der Waals surface area contributed by atoms with Gasteiger partial charge in [0, 0.05) is 22.9 Å². The molecule has 0 saturated carbocycles. The summed E-state index contributed by atoms with van der Waals surface area (Å²) in [6.07, 6.45) is 0.185. The van der Waals surface area contributed by atoms with E-state index in [9.17, 15) is 9.59 Å². The number of benzene rings is 1. The van der Waals surface area contributed by atoms with Gasteiger partial charge in [0.25, 0.3) is 5.91 Å². The molecule has 0 aliphatic rings. The van der Waals surface area contributed by atoms with Crippen molar-refractivity contribution in [2.24, 2.45) is 0 Å². The van der Waals surface area contributed by atoms with E-state index in [0.717, 1.165) is 22.6 Å². The van der Waals surface area contributed by atoms with Crippen LogP contribution in [0, 0.1) is 6.92 Å². The van der Waals surface area contributed by atoms with Gasteiger partial charge in [0.15, 0.2) is 6.61 Å². The molecule has 0 saturated heterocycles. The molecule has 1 aromatic heterocycles. The molecule has 4 nitrogen and oxygen atoms in total. The number of carbonyl (C=O) groups is 2. The van der Waals surface area contributed by atoms with Crippen molar-refractivity contribution in [2.45, 2.75) is 19.1 Å². The Morgan fingerprint density at radius 1 is 1.21 bits per heavy atom. The van der Waals surface area contributed by atoms with Gasteiger partial charge >= 0.3 is 5.97 Å². The third-order valence-corrected chi connectivity index (χ3v) is 5.29. The first-order valence-corrected chi connectivity index (χ1v) is 9.75. The van der Waals surface area contributed by atoms with E-state index in [0.29, 0.717) is 6.54 Å². The van der Waals surface area contributed by atoms with Crippen LogP contribution in [-0.4, -0.2) is 30.8 Å². The van der Waals surface area contributed by atoms with Gasteiger partial charge in [-0.15, -0.1) is 11.3 Å². The van der Waals surface area contributed by atoms with Gasteiger partial charge in [0.1, 0.15) is 0 Å². The van der Waals surface area contributed by atoms with Crippen LogP contribution in [-0.2, 0) is 26.5 Å². The van der Waals surface area contributed by atoms with E-state index in [-0.39, 0.29) is 24.9 Å². The zero-order valence-corrected chi connectivity index (χ0v) is 15.3. The van der Waals surface area contributed by atoms with Gasteiger partial charge in [-0.25, -0.2) is 0 Å². The first-order valence-electron chi connectivity index (χ1n) is 7.71. The third kappa shape index (κ3) is 7.19. The zero-order chi connectivity index (χ0) is 17.2. The molecular weight excluding hydrogens is 342 g/mol. The summed E-state index contributed by atoms with van der Waals surface area (Å²) in [6, 6.07) is 11.8. The van der Waals surface area contributed by atoms with Gasteiger partial charge < -0.3 is 10.1 Å².